The molecular weight excluding hydrogens is 298 g/mol. The van der Waals surface area contributed by atoms with E-state index in [0.29, 0.717) is 19.6 Å². The highest BCUT2D eigenvalue weighted by Gasteiger charge is 2.31. The SMILES string of the molecule is CCCCCC(=O)N1CCS[C@@H]1c1ccc2c(c1)OCCO2. The number of unbranched alkanes of at least 4 members (excludes halogenated alkanes) is 2. The summed E-state index contributed by atoms with van der Waals surface area (Å²) in [4.78, 5) is 14.5. The third-order valence-electron chi connectivity index (χ3n) is 4.06. The van der Waals surface area contributed by atoms with E-state index in [1.54, 1.807) is 0 Å². The maximum absolute atomic E-state index is 12.4. The molecule has 1 atom stereocenters. The van der Waals surface area contributed by atoms with Crippen LogP contribution in [-0.2, 0) is 4.79 Å². The first-order chi connectivity index (χ1) is 10.8. The molecule has 0 unspecified atom stereocenters. The first kappa shape index (κ1) is 15.5. The van der Waals surface area contributed by atoms with Crippen LogP contribution in [-0.4, -0.2) is 36.3 Å². The molecule has 120 valence electrons. The third-order valence-corrected chi connectivity index (χ3v) is 5.32. The lowest BCUT2D eigenvalue weighted by atomic mass is 10.1. The number of carbonyl (C=O) groups excluding carboxylic acids is 1. The number of hydrogen-bond donors (Lipinski definition) is 0. The molecule has 0 aliphatic carbocycles. The number of rotatable bonds is 5. The zero-order valence-corrected chi connectivity index (χ0v) is 13.9. The van der Waals surface area contributed by atoms with Gasteiger partial charge in [0.25, 0.3) is 0 Å². The van der Waals surface area contributed by atoms with Gasteiger partial charge in [-0.25, -0.2) is 0 Å². The average Bonchev–Trinajstić information content (AvgIpc) is 3.04. The van der Waals surface area contributed by atoms with Crippen molar-refractivity contribution in [2.24, 2.45) is 0 Å². The molecule has 1 saturated heterocycles. The zero-order valence-electron chi connectivity index (χ0n) is 13.0. The van der Waals surface area contributed by atoms with Gasteiger partial charge >= 0.3 is 0 Å². The van der Waals surface area contributed by atoms with Crippen LogP contribution in [0, 0.1) is 0 Å². The van der Waals surface area contributed by atoms with Crippen LogP contribution in [0.25, 0.3) is 0 Å². The summed E-state index contributed by atoms with van der Waals surface area (Å²) in [7, 11) is 0. The van der Waals surface area contributed by atoms with Gasteiger partial charge in [0.2, 0.25) is 5.91 Å². The number of ether oxygens (including phenoxy) is 2. The zero-order chi connectivity index (χ0) is 15.4. The summed E-state index contributed by atoms with van der Waals surface area (Å²) < 4.78 is 11.2. The van der Waals surface area contributed by atoms with Crippen LogP contribution >= 0.6 is 11.8 Å². The molecule has 1 aromatic rings. The summed E-state index contributed by atoms with van der Waals surface area (Å²) in [5, 5.41) is 0.116. The van der Waals surface area contributed by atoms with Crippen molar-refractivity contribution in [1.29, 1.82) is 0 Å². The standard InChI is InChI=1S/C17H23NO3S/c1-2-3-4-5-16(19)18-8-11-22-17(18)13-6-7-14-15(12-13)21-10-9-20-14/h6-7,12,17H,2-5,8-11H2,1H3/t17-/m1/s1. The lowest BCUT2D eigenvalue weighted by molar-refractivity contribution is -0.131. The van der Waals surface area contributed by atoms with Gasteiger partial charge in [-0.1, -0.05) is 25.8 Å². The van der Waals surface area contributed by atoms with Gasteiger partial charge in [0.15, 0.2) is 11.5 Å². The van der Waals surface area contributed by atoms with Crippen LogP contribution in [0.3, 0.4) is 0 Å². The Bertz CT molecular complexity index is 535. The Morgan fingerprint density at radius 2 is 2.09 bits per heavy atom. The Morgan fingerprint density at radius 3 is 2.91 bits per heavy atom. The molecule has 2 heterocycles. The molecule has 0 saturated carbocycles. The molecule has 22 heavy (non-hydrogen) atoms. The maximum atomic E-state index is 12.4. The summed E-state index contributed by atoms with van der Waals surface area (Å²) in [6, 6.07) is 6.05. The van der Waals surface area contributed by atoms with Crippen LogP contribution < -0.4 is 9.47 Å². The predicted octanol–water partition coefficient (Wildman–Crippen LogP) is 3.61. The predicted molar refractivity (Wildman–Crippen MR) is 88.5 cm³/mol. The van der Waals surface area contributed by atoms with E-state index in [2.05, 4.69) is 13.0 Å². The number of benzene rings is 1. The lowest BCUT2D eigenvalue weighted by Gasteiger charge is -2.26. The molecule has 3 rings (SSSR count). The van der Waals surface area contributed by atoms with Crippen LogP contribution in [0.5, 0.6) is 11.5 Å². The van der Waals surface area contributed by atoms with E-state index in [-0.39, 0.29) is 11.3 Å². The molecule has 0 aromatic heterocycles. The minimum atomic E-state index is 0.116. The average molecular weight is 321 g/mol. The van der Waals surface area contributed by atoms with Crippen molar-refractivity contribution in [3.05, 3.63) is 23.8 Å². The van der Waals surface area contributed by atoms with Gasteiger partial charge < -0.3 is 14.4 Å². The van der Waals surface area contributed by atoms with E-state index in [9.17, 15) is 4.79 Å². The second-order valence-electron chi connectivity index (χ2n) is 5.67. The second-order valence-corrected chi connectivity index (χ2v) is 6.86. The monoisotopic (exact) mass is 321 g/mol. The van der Waals surface area contributed by atoms with Crippen molar-refractivity contribution >= 4 is 17.7 Å². The number of nitrogens with zero attached hydrogens (tertiary/aromatic N) is 1. The summed E-state index contributed by atoms with van der Waals surface area (Å²) in [5.41, 5.74) is 1.13. The highest BCUT2D eigenvalue weighted by atomic mass is 32.2. The van der Waals surface area contributed by atoms with Gasteiger partial charge in [0, 0.05) is 18.7 Å². The van der Waals surface area contributed by atoms with E-state index in [1.165, 1.54) is 0 Å². The fourth-order valence-corrected chi connectivity index (χ4v) is 4.15. The van der Waals surface area contributed by atoms with Crippen molar-refractivity contribution in [2.45, 2.75) is 38.0 Å². The van der Waals surface area contributed by atoms with E-state index in [4.69, 9.17) is 9.47 Å². The van der Waals surface area contributed by atoms with Crippen LogP contribution in [0.15, 0.2) is 18.2 Å². The second kappa shape index (κ2) is 7.27. The van der Waals surface area contributed by atoms with Crippen molar-refractivity contribution < 1.29 is 14.3 Å². The van der Waals surface area contributed by atoms with Gasteiger partial charge in [-0.2, -0.15) is 0 Å². The van der Waals surface area contributed by atoms with Gasteiger partial charge in [-0.05, 0) is 24.1 Å². The van der Waals surface area contributed by atoms with Crippen LogP contribution in [0.4, 0.5) is 0 Å². The topological polar surface area (TPSA) is 38.8 Å². The summed E-state index contributed by atoms with van der Waals surface area (Å²) in [6.07, 6.45) is 3.93. The van der Waals surface area contributed by atoms with Gasteiger partial charge in [0.05, 0.1) is 0 Å². The van der Waals surface area contributed by atoms with E-state index >= 15 is 0 Å². The minimum absolute atomic E-state index is 0.116. The van der Waals surface area contributed by atoms with Gasteiger partial charge in [0.1, 0.15) is 18.6 Å². The van der Waals surface area contributed by atoms with E-state index in [1.807, 2.05) is 28.8 Å². The largest absolute Gasteiger partial charge is 0.486 e. The van der Waals surface area contributed by atoms with Gasteiger partial charge in [-0.3, -0.25) is 4.79 Å². The molecule has 1 amide bonds. The Morgan fingerprint density at radius 1 is 1.27 bits per heavy atom. The molecule has 0 bridgehead atoms. The number of hydrogen-bond acceptors (Lipinski definition) is 4. The quantitative estimate of drug-likeness (QED) is 0.777. The maximum Gasteiger partial charge on any atom is 0.223 e. The molecule has 2 aliphatic heterocycles. The van der Waals surface area contributed by atoms with Gasteiger partial charge in [-0.15, -0.1) is 11.8 Å². The molecule has 1 fully saturated rings. The molecular formula is C17H23NO3S. The molecule has 0 N–H and O–H groups in total. The van der Waals surface area contributed by atoms with Crippen molar-refractivity contribution in [3.63, 3.8) is 0 Å². The number of thioether (sulfide) groups is 1. The lowest BCUT2D eigenvalue weighted by Crippen LogP contribution is -2.30. The van der Waals surface area contributed by atoms with E-state index < -0.39 is 0 Å². The number of fused-ring (bicyclic) bond motifs is 1. The fourth-order valence-electron chi connectivity index (χ4n) is 2.88. The Hall–Kier alpha value is -1.36. The highest BCUT2D eigenvalue weighted by molar-refractivity contribution is 7.99. The third kappa shape index (κ3) is 3.35. The summed E-state index contributed by atoms with van der Waals surface area (Å²) in [6.45, 7) is 4.20. The Kier molecular flexibility index (Phi) is 5.13. The normalized spacial score (nSPS) is 20.2. The molecule has 0 spiro atoms. The smallest absolute Gasteiger partial charge is 0.223 e. The summed E-state index contributed by atoms with van der Waals surface area (Å²) in [5.74, 6) is 2.88. The minimum Gasteiger partial charge on any atom is -0.486 e. The number of amides is 1. The van der Waals surface area contributed by atoms with E-state index in [0.717, 1.165) is 48.6 Å². The Labute approximate surface area is 136 Å². The first-order valence-corrected chi connectivity index (χ1v) is 9.15. The molecule has 0 radical (unpaired) electrons. The van der Waals surface area contributed by atoms with Crippen molar-refractivity contribution in [3.8, 4) is 11.5 Å². The molecule has 2 aliphatic rings. The number of carbonyl (C=O) groups is 1. The Balaban J connectivity index is 1.71. The van der Waals surface area contributed by atoms with Crippen molar-refractivity contribution in [2.75, 3.05) is 25.5 Å². The summed E-state index contributed by atoms with van der Waals surface area (Å²) >= 11 is 1.83. The molecule has 1 aromatic carbocycles. The fraction of sp³-hybridized carbons (Fsp3) is 0.588. The van der Waals surface area contributed by atoms with Crippen molar-refractivity contribution in [1.82, 2.24) is 4.90 Å². The molecule has 4 nitrogen and oxygen atoms in total. The first-order valence-electron chi connectivity index (χ1n) is 8.10. The van der Waals surface area contributed by atoms with Crippen LogP contribution in [0.2, 0.25) is 0 Å². The van der Waals surface area contributed by atoms with Crippen LogP contribution in [0.1, 0.15) is 43.5 Å². The highest BCUT2D eigenvalue weighted by Crippen LogP contribution is 2.42. The molecule has 5 heteroatoms.